The van der Waals surface area contributed by atoms with Crippen LogP contribution in [0.3, 0.4) is 0 Å². The fourth-order valence-electron chi connectivity index (χ4n) is 3.46. The smallest absolute Gasteiger partial charge is 0.164 e. The number of pyridine rings is 1. The van der Waals surface area contributed by atoms with Crippen molar-refractivity contribution in [3.8, 4) is 5.69 Å². The summed E-state index contributed by atoms with van der Waals surface area (Å²) in [5.41, 5.74) is 1.74. The maximum absolute atomic E-state index is 13.9. The van der Waals surface area contributed by atoms with E-state index in [1.54, 1.807) is 18.6 Å². The van der Waals surface area contributed by atoms with Gasteiger partial charge in [-0.3, -0.25) is 9.55 Å². The van der Waals surface area contributed by atoms with E-state index in [-0.39, 0.29) is 5.82 Å². The summed E-state index contributed by atoms with van der Waals surface area (Å²) in [6, 6.07) is 11.9. The fourth-order valence-corrected chi connectivity index (χ4v) is 3.46. The van der Waals surface area contributed by atoms with E-state index in [4.69, 9.17) is 0 Å². The van der Waals surface area contributed by atoms with Crippen LogP contribution in [0.5, 0.6) is 0 Å². The molecule has 1 aliphatic rings. The SMILES string of the molecule is Fc1cnccc1N1CCC(Cc2nncn2-c2ccccc2)CC1. The highest BCUT2D eigenvalue weighted by Crippen LogP contribution is 2.27. The van der Waals surface area contributed by atoms with Crippen LogP contribution in [0.1, 0.15) is 18.7 Å². The summed E-state index contributed by atoms with van der Waals surface area (Å²) in [7, 11) is 0. The van der Waals surface area contributed by atoms with E-state index in [1.165, 1.54) is 6.20 Å². The van der Waals surface area contributed by atoms with Gasteiger partial charge in [-0.15, -0.1) is 10.2 Å². The molecule has 0 radical (unpaired) electrons. The van der Waals surface area contributed by atoms with Crippen molar-refractivity contribution in [1.29, 1.82) is 0 Å². The van der Waals surface area contributed by atoms with Crippen LogP contribution < -0.4 is 4.90 Å². The van der Waals surface area contributed by atoms with Gasteiger partial charge in [-0.1, -0.05) is 18.2 Å². The number of para-hydroxylation sites is 1. The first-order valence-electron chi connectivity index (χ1n) is 8.60. The summed E-state index contributed by atoms with van der Waals surface area (Å²) in [6.07, 6.45) is 7.62. The average molecular weight is 337 g/mol. The molecule has 128 valence electrons. The van der Waals surface area contributed by atoms with Crippen LogP contribution in [0.25, 0.3) is 5.69 Å². The molecule has 1 fully saturated rings. The maximum atomic E-state index is 13.9. The molecule has 0 atom stereocenters. The Kier molecular flexibility index (Phi) is 4.41. The van der Waals surface area contributed by atoms with E-state index < -0.39 is 0 Å². The molecule has 0 N–H and O–H groups in total. The van der Waals surface area contributed by atoms with Crippen molar-refractivity contribution in [3.63, 3.8) is 0 Å². The van der Waals surface area contributed by atoms with Gasteiger partial charge in [0.05, 0.1) is 11.9 Å². The summed E-state index contributed by atoms with van der Waals surface area (Å²) in [6.45, 7) is 1.70. The molecular weight excluding hydrogens is 317 g/mol. The average Bonchev–Trinajstić information content (AvgIpc) is 3.12. The van der Waals surface area contributed by atoms with E-state index >= 15 is 0 Å². The molecule has 25 heavy (non-hydrogen) atoms. The van der Waals surface area contributed by atoms with Crippen molar-refractivity contribution in [2.24, 2.45) is 5.92 Å². The molecule has 0 unspecified atom stereocenters. The maximum Gasteiger partial charge on any atom is 0.164 e. The lowest BCUT2D eigenvalue weighted by atomic mass is 9.93. The normalized spacial score (nSPS) is 15.5. The first-order valence-corrected chi connectivity index (χ1v) is 8.60. The van der Waals surface area contributed by atoms with Crippen LogP contribution in [-0.2, 0) is 6.42 Å². The van der Waals surface area contributed by atoms with Crippen LogP contribution in [-0.4, -0.2) is 32.8 Å². The minimum atomic E-state index is -0.246. The molecule has 0 aliphatic carbocycles. The third-order valence-corrected chi connectivity index (χ3v) is 4.83. The van der Waals surface area contributed by atoms with Crippen molar-refractivity contribution in [1.82, 2.24) is 19.7 Å². The quantitative estimate of drug-likeness (QED) is 0.733. The van der Waals surface area contributed by atoms with Crippen LogP contribution in [0.4, 0.5) is 10.1 Å². The predicted molar refractivity (Wildman–Crippen MR) is 94.2 cm³/mol. The van der Waals surface area contributed by atoms with Crippen molar-refractivity contribution < 1.29 is 4.39 Å². The minimum absolute atomic E-state index is 0.246. The number of nitrogens with zero attached hydrogens (tertiary/aromatic N) is 5. The summed E-state index contributed by atoms with van der Waals surface area (Å²) in [5.74, 6) is 1.28. The number of piperidine rings is 1. The molecule has 1 saturated heterocycles. The molecule has 3 aromatic rings. The Bertz CT molecular complexity index is 825. The van der Waals surface area contributed by atoms with Crippen LogP contribution in [0.15, 0.2) is 55.1 Å². The lowest BCUT2D eigenvalue weighted by molar-refractivity contribution is 0.392. The second-order valence-corrected chi connectivity index (χ2v) is 6.41. The van der Waals surface area contributed by atoms with Gasteiger partial charge in [-0.05, 0) is 37.0 Å². The Morgan fingerprint density at radius 3 is 2.64 bits per heavy atom. The molecule has 0 amide bonds. The number of benzene rings is 1. The van der Waals surface area contributed by atoms with Gasteiger partial charge in [-0.2, -0.15) is 0 Å². The molecule has 1 aromatic carbocycles. The van der Waals surface area contributed by atoms with Crippen LogP contribution in [0, 0.1) is 11.7 Å². The van der Waals surface area contributed by atoms with Gasteiger partial charge in [0.2, 0.25) is 0 Å². The lowest BCUT2D eigenvalue weighted by Gasteiger charge is -2.33. The molecule has 0 spiro atoms. The van der Waals surface area contributed by atoms with E-state index in [1.807, 2.05) is 18.2 Å². The topological polar surface area (TPSA) is 46.8 Å². The zero-order valence-corrected chi connectivity index (χ0v) is 13.9. The Balaban J connectivity index is 1.42. The van der Waals surface area contributed by atoms with E-state index in [9.17, 15) is 4.39 Å². The zero-order chi connectivity index (χ0) is 17.1. The van der Waals surface area contributed by atoms with E-state index in [2.05, 4.69) is 36.8 Å². The van der Waals surface area contributed by atoms with Gasteiger partial charge < -0.3 is 4.90 Å². The largest absolute Gasteiger partial charge is 0.369 e. The second-order valence-electron chi connectivity index (χ2n) is 6.41. The van der Waals surface area contributed by atoms with Crippen molar-refractivity contribution >= 4 is 5.69 Å². The molecule has 6 heteroatoms. The summed E-state index contributed by atoms with van der Waals surface area (Å²) in [5, 5.41) is 8.39. The van der Waals surface area contributed by atoms with Gasteiger partial charge in [0.1, 0.15) is 12.2 Å². The third kappa shape index (κ3) is 3.38. The minimum Gasteiger partial charge on any atom is -0.369 e. The number of aromatic nitrogens is 4. The Hall–Kier alpha value is -2.76. The van der Waals surface area contributed by atoms with E-state index in [0.29, 0.717) is 11.6 Å². The van der Waals surface area contributed by atoms with Gasteiger partial charge in [0, 0.05) is 31.4 Å². The number of rotatable bonds is 4. The highest BCUT2D eigenvalue weighted by Gasteiger charge is 2.23. The Morgan fingerprint density at radius 1 is 1.08 bits per heavy atom. The van der Waals surface area contributed by atoms with E-state index in [0.717, 1.165) is 43.9 Å². The molecule has 2 aromatic heterocycles. The standard InChI is InChI=1S/C19H20FN5/c20-17-13-21-9-6-18(17)24-10-7-15(8-11-24)12-19-23-22-14-25(19)16-4-2-1-3-5-16/h1-6,9,13-15H,7-8,10-12H2. The number of hydrogen-bond acceptors (Lipinski definition) is 4. The molecule has 4 rings (SSSR count). The first kappa shape index (κ1) is 15.7. The van der Waals surface area contributed by atoms with Crippen molar-refractivity contribution in [2.45, 2.75) is 19.3 Å². The number of anilines is 1. The van der Waals surface area contributed by atoms with Crippen molar-refractivity contribution in [3.05, 3.63) is 66.8 Å². The highest BCUT2D eigenvalue weighted by atomic mass is 19.1. The molecule has 3 heterocycles. The first-order chi connectivity index (χ1) is 12.3. The number of halogens is 1. The molecule has 0 saturated carbocycles. The number of hydrogen-bond donors (Lipinski definition) is 0. The van der Waals surface area contributed by atoms with Gasteiger partial charge in [-0.25, -0.2) is 4.39 Å². The highest BCUT2D eigenvalue weighted by molar-refractivity contribution is 5.46. The lowest BCUT2D eigenvalue weighted by Crippen LogP contribution is -2.35. The molecule has 1 aliphatic heterocycles. The summed E-state index contributed by atoms with van der Waals surface area (Å²) < 4.78 is 15.9. The van der Waals surface area contributed by atoms with Crippen LogP contribution >= 0.6 is 0 Å². The molecular formula is C19H20FN5. The molecule has 5 nitrogen and oxygen atoms in total. The third-order valence-electron chi connectivity index (χ3n) is 4.83. The zero-order valence-electron chi connectivity index (χ0n) is 13.9. The monoisotopic (exact) mass is 337 g/mol. The van der Waals surface area contributed by atoms with Crippen LogP contribution in [0.2, 0.25) is 0 Å². The van der Waals surface area contributed by atoms with Gasteiger partial charge in [0.15, 0.2) is 5.82 Å². The fraction of sp³-hybridized carbons (Fsp3) is 0.316. The van der Waals surface area contributed by atoms with Gasteiger partial charge >= 0.3 is 0 Å². The summed E-state index contributed by atoms with van der Waals surface area (Å²) >= 11 is 0. The Labute approximate surface area is 146 Å². The molecule has 0 bridgehead atoms. The summed E-state index contributed by atoms with van der Waals surface area (Å²) in [4.78, 5) is 5.93. The Morgan fingerprint density at radius 2 is 1.88 bits per heavy atom. The van der Waals surface area contributed by atoms with Crippen molar-refractivity contribution in [2.75, 3.05) is 18.0 Å². The predicted octanol–water partition coefficient (Wildman–Crippen LogP) is 3.26. The second kappa shape index (κ2) is 7.01. The van der Waals surface area contributed by atoms with Gasteiger partial charge in [0.25, 0.3) is 0 Å².